The van der Waals surface area contributed by atoms with E-state index in [4.69, 9.17) is 9.40 Å². The van der Waals surface area contributed by atoms with E-state index in [-0.39, 0.29) is 0 Å². The number of aromatic nitrogens is 2. The van der Waals surface area contributed by atoms with Crippen LogP contribution in [0.1, 0.15) is 25.3 Å². The van der Waals surface area contributed by atoms with E-state index in [2.05, 4.69) is 43.4 Å². The highest BCUT2D eigenvalue weighted by atomic mass is 16.3. The van der Waals surface area contributed by atoms with Crippen molar-refractivity contribution in [3.8, 4) is 11.5 Å². The van der Waals surface area contributed by atoms with Gasteiger partial charge in [-0.25, -0.2) is 4.98 Å². The average molecular weight is 317 g/mol. The minimum atomic E-state index is 0.522. The van der Waals surface area contributed by atoms with Crippen LogP contribution in [0.2, 0.25) is 0 Å². The topological polar surface area (TPSA) is 42.5 Å². The molecule has 0 saturated heterocycles. The summed E-state index contributed by atoms with van der Waals surface area (Å²) in [5.74, 6) is 2.17. The molecule has 4 nitrogen and oxygen atoms in total. The minimum Gasteiger partial charge on any atom is -0.463 e. The first-order valence-corrected chi connectivity index (χ1v) is 8.10. The van der Waals surface area contributed by atoms with Crippen LogP contribution < -0.4 is 5.32 Å². The van der Waals surface area contributed by atoms with Gasteiger partial charge in [-0.2, -0.15) is 0 Å². The van der Waals surface area contributed by atoms with Crippen LogP contribution in [0.15, 0.2) is 71.5 Å². The number of fused-ring (bicyclic) bond motifs is 1. The number of rotatable bonds is 4. The summed E-state index contributed by atoms with van der Waals surface area (Å²) in [6.07, 6.45) is 3.67. The van der Waals surface area contributed by atoms with Gasteiger partial charge in [0.2, 0.25) is 0 Å². The van der Waals surface area contributed by atoms with Crippen LogP contribution in [0.5, 0.6) is 0 Å². The molecule has 0 fully saturated rings. The predicted molar refractivity (Wildman–Crippen MR) is 96.7 cm³/mol. The van der Waals surface area contributed by atoms with Gasteiger partial charge in [0.1, 0.15) is 17.2 Å². The monoisotopic (exact) mass is 317 g/mol. The largest absolute Gasteiger partial charge is 0.463 e. The van der Waals surface area contributed by atoms with Crippen molar-refractivity contribution in [1.29, 1.82) is 0 Å². The van der Waals surface area contributed by atoms with E-state index < -0.39 is 0 Å². The van der Waals surface area contributed by atoms with Crippen molar-refractivity contribution in [2.45, 2.75) is 19.8 Å². The maximum absolute atomic E-state index is 5.56. The fourth-order valence-corrected chi connectivity index (χ4v) is 2.79. The SMILES string of the molecule is CC(C)c1ccc(Nc2c(-c3ccco3)nc3ccccn23)cc1. The zero-order valence-electron chi connectivity index (χ0n) is 13.7. The van der Waals surface area contributed by atoms with Gasteiger partial charge in [-0.1, -0.05) is 32.0 Å². The van der Waals surface area contributed by atoms with Gasteiger partial charge >= 0.3 is 0 Å². The van der Waals surface area contributed by atoms with Crippen molar-refractivity contribution in [1.82, 2.24) is 9.38 Å². The summed E-state index contributed by atoms with van der Waals surface area (Å²) >= 11 is 0. The summed E-state index contributed by atoms with van der Waals surface area (Å²) in [5, 5.41) is 3.49. The molecular weight excluding hydrogens is 298 g/mol. The second-order valence-electron chi connectivity index (χ2n) is 6.12. The lowest BCUT2D eigenvalue weighted by Gasteiger charge is -2.10. The third-order valence-electron chi connectivity index (χ3n) is 4.12. The molecule has 4 aromatic rings. The van der Waals surface area contributed by atoms with E-state index in [1.807, 2.05) is 40.9 Å². The summed E-state index contributed by atoms with van der Waals surface area (Å²) in [6.45, 7) is 4.39. The number of nitrogens with one attached hydrogen (secondary N) is 1. The first-order chi connectivity index (χ1) is 11.7. The van der Waals surface area contributed by atoms with Crippen LogP contribution >= 0.6 is 0 Å². The third kappa shape index (κ3) is 2.56. The summed E-state index contributed by atoms with van der Waals surface area (Å²) in [7, 11) is 0. The second kappa shape index (κ2) is 5.89. The van der Waals surface area contributed by atoms with Gasteiger partial charge in [0.15, 0.2) is 5.76 Å². The van der Waals surface area contributed by atoms with Crippen molar-refractivity contribution in [2.24, 2.45) is 0 Å². The Kier molecular flexibility index (Phi) is 3.58. The Morgan fingerprint density at radius 1 is 1.00 bits per heavy atom. The number of hydrogen-bond donors (Lipinski definition) is 1. The molecule has 4 heteroatoms. The number of nitrogens with zero attached hydrogens (tertiary/aromatic N) is 2. The van der Waals surface area contributed by atoms with E-state index in [9.17, 15) is 0 Å². The summed E-state index contributed by atoms with van der Waals surface area (Å²) in [5.41, 5.74) is 4.03. The van der Waals surface area contributed by atoms with Crippen LogP contribution in [0, 0.1) is 0 Å². The third-order valence-corrected chi connectivity index (χ3v) is 4.12. The summed E-state index contributed by atoms with van der Waals surface area (Å²) in [4.78, 5) is 4.70. The number of imidazole rings is 1. The molecule has 0 unspecified atom stereocenters. The molecule has 0 amide bonds. The predicted octanol–water partition coefficient (Wildman–Crippen LogP) is 5.46. The molecule has 0 saturated carbocycles. The van der Waals surface area contributed by atoms with Crippen molar-refractivity contribution < 1.29 is 4.42 Å². The number of benzene rings is 1. The van der Waals surface area contributed by atoms with Crippen molar-refractivity contribution in [3.63, 3.8) is 0 Å². The lowest BCUT2D eigenvalue weighted by molar-refractivity contribution is 0.581. The minimum absolute atomic E-state index is 0.522. The van der Waals surface area contributed by atoms with E-state index in [1.54, 1.807) is 6.26 Å². The van der Waals surface area contributed by atoms with Crippen LogP contribution in [0.4, 0.5) is 11.5 Å². The quantitative estimate of drug-likeness (QED) is 0.543. The highest BCUT2D eigenvalue weighted by Gasteiger charge is 2.16. The lowest BCUT2D eigenvalue weighted by atomic mass is 10.0. The fraction of sp³-hybridized carbons (Fsp3) is 0.150. The van der Waals surface area contributed by atoms with Gasteiger partial charge in [0.05, 0.1) is 6.26 Å². The second-order valence-corrected chi connectivity index (χ2v) is 6.12. The Labute approximate surface area is 140 Å². The summed E-state index contributed by atoms with van der Waals surface area (Å²) < 4.78 is 7.60. The van der Waals surface area contributed by atoms with Crippen molar-refractivity contribution >= 4 is 17.2 Å². The van der Waals surface area contributed by atoms with Crippen molar-refractivity contribution in [2.75, 3.05) is 5.32 Å². The zero-order chi connectivity index (χ0) is 16.5. The first kappa shape index (κ1) is 14.6. The molecule has 3 heterocycles. The first-order valence-electron chi connectivity index (χ1n) is 8.10. The van der Waals surface area contributed by atoms with Crippen LogP contribution in [0.3, 0.4) is 0 Å². The van der Waals surface area contributed by atoms with Crippen LogP contribution in [-0.4, -0.2) is 9.38 Å². The van der Waals surface area contributed by atoms with E-state index in [0.29, 0.717) is 5.92 Å². The van der Waals surface area contributed by atoms with Crippen LogP contribution in [0.25, 0.3) is 17.1 Å². The Morgan fingerprint density at radius 2 is 1.83 bits per heavy atom. The maximum Gasteiger partial charge on any atom is 0.156 e. The average Bonchev–Trinajstić information content (AvgIpc) is 3.23. The lowest BCUT2D eigenvalue weighted by Crippen LogP contribution is -1.97. The van der Waals surface area contributed by atoms with Crippen LogP contribution in [-0.2, 0) is 0 Å². The fourth-order valence-electron chi connectivity index (χ4n) is 2.79. The standard InChI is InChI=1S/C20H19N3O/c1-14(2)15-8-10-16(11-9-15)21-20-19(17-6-5-13-24-17)22-18-7-3-4-12-23(18)20/h3-14,21H,1-2H3. The molecule has 120 valence electrons. The molecule has 24 heavy (non-hydrogen) atoms. The van der Waals surface area contributed by atoms with Crippen molar-refractivity contribution in [3.05, 3.63) is 72.6 Å². The molecule has 0 atom stereocenters. The Hall–Kier alpha value is -3.01. The van der Waals surface area contributed by atoms with Gasteiger partial charge in [-0.15, -0.1) is 0 Å². The highest BCUT2D eigenvalue weighted by Crippen LogP contribution is 2.31. The van der Waals surface area contributed by atoms with Gasteiger partial charge in [0.25, 0.3) is 0 Å². The highest BCUT2D eigenvalue weighted by molar-refractivity contribution is 5.77. The molecule has 1 aromatic carbocycles. The Bertz CT molecular complexity index is 950. The van der Waals surface area contributed by atoms with Gasteiger partial charge < -0.3 is 9.73 Å². The normalized spacial score (nSPS) is 11.3. The molecule has 0 aliphatic heterocycles. The molecule has 0 aliphatic rings. The van der Waals surface area contributed by atoms with E-state index in [0.717, 1.165) is 28.6 Å². The zero-order valence-corrected chi connectivity index (χ0v) is 13.7. The molecule has 1 N–H and O–H groups in total. The molecule has 0 bridgehead atoms. The van der Waals surface area contributed by atoms with E-state index in [1.165, 1.54) is 5.56 Å². The maximum atomic E-state index is 5.56. The number of anilines is 2. The van der Waals surface area contributed by atoms with E-state index >= 15 is 0 Å². The number of furan rings is 1. The summed E-state index contributed by atoms with van der Waals surface area (Å²) in [6, 6.07) is 18.3. The van der Waals surface area contributed by atoms with Gasteiger partial charge in [-0.05, 0) is 47.9 Å². The number of hydrogen-bond acceptors (Lipinski definition) is 3. The van der Waals surface area contributed by atoms with Gasteiger partial charge in [0, 0.05) is 11.9 Å². The smallest absolute Gasteiger partial charge is 0.156 e. The molecule has 4 rings (SSSR count). The van der Waals surface area contributed by atoms with Gasteiger partial charge in [-0.3, -0.25) is 4.40 Å². The molecule has 0 aliphatic carbocycles. The Morgan fingerprint density at radius 3 is 2.54 bits per heavy atom. The number of pyridine rings is 1. The molecule has 3 aromatic heterocycles. The molecular formula is C20H19N3O. The molecule has 0 spiro atoms. The Balaban J connectivity index is 1.79. The molecule has 0 radical (unpaired) electrons.